The van der Waals surface area contributed by atoms with Crippen LogP contribution in [0.3, 0.4) is 0 Å². The fourth-order valence-electron chi connectivity index (χ4n) is 2.55. The molecule has 1 aliphatic heterocycles. The number of hydrogen-bond donors (Lipinski definition) is 1. The van der Waals surface area contributed by atoms with Crippen molar-refractivity contribution in [3.63, 3.8) is 0 Å². The van der Waals surface area contributed by atoms with Gasteiger partial charge in [-0.1, -0.05) is 6.92 Å². The molecule has 2 heterocycles. The van der Waals surface area contributed by atoms with Crippen LogP contribution in [-0.4, -0.2) is 19.8 Å². The van der Waals surface area contributed by atoms with Crippen LogP contribution in [0.5, 0.6) is 0 Å². The molecule has 4 heteroatoms. The lowest BCUT2D eigenvalue weighted by Crippen LogP contribution is -2.33. The fourth-order valence-corrected chi connectivity index (χ4v) is 4.30. The molecular weight excluding hydrogens is 298 g/mol. The van der Waals surface area contributed by atoms with Gasteiger partial charge in [-0.15, -0.1) is 11.3 Å². The topological polar surface area (TPSA) is 21.3 Å². The first-order chi connectivity index (χ1) is 8.22. The largest absolute Gasteiger partial charge is 0.381 e. The maximum Gasteiger partial charge on any atom is 0.0704 e. The first-order valence-corrected chi connectivity index (χ1v) is 7.90. The van der Waals surface area contributed by atoms with Gasteiger partial charge in [0.25, 0.3) is 0 Å². The van der Waals surface area contributed by atoms with Crippen molar-refractivity contribution in [2.45, 2.75) is 32.7 Å². The number of ether oxygens (including phenoxy) is 1. The molecule has 0 spiro atoms. The first-order valence-electron chi connectivity index (χ1n) is 6.29. The third-order valence-corrected chi connectivity index (χ3v) is 4.92. The Morgan fingerprint density at radius 2 is 2.47 bits per heavy atom. The minimum atomic E-state index is 0.447. The zero-order chi connectivity index (χ0) is 12.3. The molecule has 1 aliphatic rings. The van der Waals surface area contributed by atoms with Crippen LogP contribution < -0.4 is 5.32 Å². The summed E-state index contributed by atoms with van der Waals surface area (Å²) < 4.78 is 6.86. The third kappa shape index (κ3) is 3.31. The van der Waals surface area contributed by atoms with Crippen LogP contribution in [0.4, 0.5) is 0 Å². The standard InChI is InChI=1S/C13H20BrNOS/c1-3-15-13(10-5-4-6-16-8-10)11-7-12(14)17-9(11)2/h7,10,13,15H,3-6,8H2,1-2H3. The lowest BCUT2D eigenvalue weighted by atomic mass is 9.89. The van der Waals surface area contributed by atoms with Gasteiger partial charge in [0.2, 0.25) is 0 Å². The van der Waals surface area contributed by atoms with Gasteiger partial charge in [0.15, 0.2) is 0 Å². The average Bonchev–Trinajstić information content (AvgIpc) is 2.66. The van der Waals surface area contributed by atoms with Crippen LogP contribution in [0, 0.1) is 12.8 Å². The highest BCUT2D eigenvalue weighted by atomic mass is 79.9. The molecule has 0 aromatic carbocycles. The highest BCUT2D eigenvalue weighted by Gasteiger charge is 2.26. The summed E-state index contributed by atoms with van der Waals surface area (Å²) in [5.41, 5.74) is 1.44. The van der Waals surface area contributed by atoms with E-state index in [-0.39, 0.29) is 0 Å². The second-order valence-electron chi connectivity index (χ2n) is 4.57. The fraction of sp³-hybridized carbons (Fsp3) is 0.692. The van der Waals surface area contributed by atoms with Crippen LogP contribution >= 0.6 is 27.3 Å². The predicted molar refractivity (Wildman–Crippen MR) is 76.7 cm³/mol. The van der Waals surface area contributed by atoms with Gasteiger partial charge in [-0.3, -0.25) is 0 Å². The maximum atomic E-state index is 5.63. The Bertz CT molecular complexity index is 360. The summed E-state index contributed by atoms with van der Waals surface area (Å²) in [5.74, 6) is 0.615. The Kier molecular flexibility index (Phi) is 5.03. The molecule has 0 bridgehead atoms. The van der Waals surface area contributed by atoms with Gasteiger partial charge in [0, 0.05) is 23.4 Å². The molecule has 0 aliphatic carbocycles. The van der Waals surface area contributed by atoms with Gasteiger partial charge in [-0.2, -0.15) is 0 Å². The van der Waals surface area contributed by atoms with Crippen LogP contribution in [0.2, 0.25) is 0 Å². The SMILES string of the molecule is CCNC(c1cc(Br)sc1C)C1CCCOC1. The van der Waals surface area contributed by atoms with Gasteiger partial charge in [-0.05, 0) is 53.9 Å². The smallest absolute Gasteiger partial charge is 0.0704 e. The Hall–Kier alpha value is 0.1000. The van der Waals surface area contributed by atoms with Crippen LogP contribution in [0.25, 0.3) is 0 Å². The van der Waals surface area contributed by atoms with Gasteiger partial charge >= 0.3 is 0 Å². The number of hydrogen-bond acceptors (Lipinski definition) is 3. The van der Waals surface area contributed by atoms with Crippen molar-refractivity contribution >= 4 is 27.3 Å². The molecule has 0 saturated carbocycles. The summed E-state index contributed by atoms with van der Waals surface area (Å²) in [6, 6.07) is 2.71. The van der Waals surface area contributed by atoms with E-state index in [1.165, 1.54) is 27.1 Å². The molecule has 96 valence electrons. The Balaban J connectivity index is 2.18. The van der Waals surface area contributed by atoms with Crippen molar-refractivity contribution in [1.29, 1.82) is 0 Å². The van der Waals surface area contributed by atoms with Crippen molar-refractivity contribution in [3.8, 4) is 0 Å². The van der Waals surface area contributed by atoms with Gasteiger partial charge in [0.05, 0.1) is 10.4 Å². The summed E-state index contributed by atoms with van der Waals surface area (Å²) in [5, 5.41) is 3.63. The van der Waals surface area contributed by atoms with E-state index in [1.54, 1.807) is 0 Å². The molecular formula is C13H20BrNOS. The Labute approximate surface area is 116 Å². The maximum absolute atomic E-state index is 5.63. The molecule has 2 atom stereocenters. The predicted octanol–water partition coefficient (Wildman–Crippen LogP) is 3.90. The molecule has 1 saturated heterocycles. The number of nitrogens with one attached hydrogen (secondary N) is 1. The molecule has 1 fully saturated rings. The second kappa shape index (κ2) is 6.32. The number of aryl methyl sites for hydroxylation is 1. The molecule has 1 N–H and O–H groups in total. The van der Waals surface area contributed by atoms with E-state index >= 15 is 0 Å². The van der Waals surface area contributed by atoms with Gasteiger partial charge < -0.3 is 10.1 Å². The second-order valence-corrected chi connectivity index (χ2v) is 7.21. The van der Waals surface area contributed by atoms with Crippen molar-refractivity contribution in [3.05, 3.63) is 20.3 Å². The molecule has 0 radical (unpaired) electrons. The van der Waals surface area contributed by atoms with E-state index < -0.39 is 0 Å². The number of thiophene rings is 1. The molecule has 2 nitrogen and oxygen atoms in total. The van der Waals surface area contributed by atoms with Gasteiger partial charge in [0.1, 0.15) is 0 Å². The monoisotopic (exact) mass is 317 g/mol. The van der Waals surface area contributed by atoms with Gasteiger partial charge in [-0.25, -0.2) is 0 Å². The van der Waals surface area contributed by atoms with E-state index in [9.17, 15) is 0 Å². The van der Waals surface area contributed by atoms with Crippen molar-refractivity contribution in [1.82, 2.24) is 5.32 Å². The molecule has 17 heavy (non-hydrogen) atoms. The van der Waals surface area contributed by atoms with E-state index in [0.717, 1.165) is 19.8 Å². The zero-order valence-corrected chi connectivity index (χ0v) is 12.9. The highest BCUT2D eigenvalue weighted by molar-refractivity contribution is 9.11. The molecule has 0 amide bonds. The Morgan fingerprint density at radius 3 is 3.00 bits per heavy atom. The summed E-state index contributed by atoms with van der Waals surface area (Å²) in [7, 11) is 0. The number of rotatable bonds is 4. The lowest BCUT2D eigenvalue weighted by molar-refractivity contribution is 0.0392. The van der Waals surface area contributed by atoms with Crippen molar-refractivity contribution in [2.24, 2.45) is 5.92 Å². The quantitative estimate of drug-likeness (QED) is 0.909. The zero-order valence-electron chi connectivity index (χ0n) is 10.5. The van der Waals surface area contributed by atoms with E-state index in [4.69, 9.17) is 4.74 Å². The van der Waals surface area contributed by atoms with E-state index in [1.807, 2.05) is 11.3 Å². The Morgan fingerprint density at radius 1 is 1.65 bits per heavy atom. The lowest BCUT2D eigenvalue weighted by Gasteiger charge is -2.31. The minimum Gasteiger partial charge on any atom is -0.381 e. The molecule has 2 unspecified atom stereocenters. The van der Waals surface area contributed by atoms with Crippen molar-refractivity contribution < 1.29 is 4.74 Å². The summed E-state index contributed by atoms with van der Waals surface area (Å²) in [4.78, 5) is 1.41. The van der Waals surface area contributed by atoms with Crippen molar-refractivity contribution in [2.75, 3.05) is 19.8 Å². The van der Waals surface area contributed by atoms with Crippen LogP contribution in [0.15, 0.2) is 9.85 Å². The average molecular weight is 318 g/mol. The van der Waals surface area contributed by atoms with Crippen LogP contribution in [0.1, 0.15) is 36.2 Å². The molecule has 1 aromatic heterocycles. The summed E-state index contributed by atoms with van der Waals surface area (Å²) in [6.07, 6.45) is 2.46. The normalized spacial score (nSPS) is 22.6. The third-order valence-electron chi connectivity index (χ3n) is 3.35. The molecule has 1 aromatic rings. The summed E-state index contributed by atoms with van der Waals surface area (Å²) >= 11 is 5.41. The van der Waals surface area contributed by atoms with E-state index in [2.05, 4.69) is 41.2 Å². The molecule has 2 rings (SSSR count). The highest BCUT2D eigenvalue weighted by Crippen LogP contribution is 2.36. The minimum absolute atomic E-state index is 0.447. The number of halogens is 1. The summed E-state index contributed by atoms with van der Waals surface area (Å²) in [6.45, 7) is 7.21. The first kappa shape index (κ1) is 13.5. The van der Waals surface area contributed by atoms with Crippen LogP contribution in [-0.2, 0) is 4.74 Å². The van der Waals surface area contributed by atoms with E-state index in [0.29, 0.717) is 12.0 Å².